The molecule has 0 aromatic heterocycles. The molecule has 0 bridgehead atoms. The van der Waals surface area contributed by atoms with Crippen LogP contribution in [0.1, 0.15) is 24.8 Å². The molecule has 0 aliphatic heterocycles. The number of carbonyl (C=O) groups is 1. The van der Waals surface area contributed by atoms with E-state index in [0.717, 1.165) is 12.0 Å². The van der Waals surface area contributed by atoms with E-state index in [1.54, 1.807) is 12.1 Å². The summed E-state index contributed by atoms with van der Waals surface area (Å²) in [5.41, 5.74) is 0.236. The number of carbonyl (C=O) groups excluding carboxylic acids is 1. The van der Waals surface area contributed by atoms with Crippen LogP contribution in [0.3, 0.4) is 0 Å². The Hall–Kier alpha value is -1.62. The summed E-state index contributed by atoms with van der Waals surface area (Å²) in [7, 11) is 0. The number of amides is 2. The Morgan fingerprint density at radius 3 is 2.83 bits per heavy atom. The van der Waals surface area contributed by atoms with Gasteiger partial charge in [-0.1, -0.05) is 6.07 Å². The molecule has 2 amide bonds. The van der Waals surface area contributed by atoms with Crippen molar-refractivity contribution in [3.8, 4) is 0 Å². The number of aryl methyl sites for hydroxylation is 1. The monoisotopic (exact) mass is 252 g/mol. The van der Waals surface area contributed by atoms with Crippen molar-refractivity contribution in [1.82, 2.24) is 5.32 Å². The van der Waals surface area contributed by atoms with Gasteiger partial charge in [-0.3, -0.25) is 0 Å². The van der Waals surface area contributed by atoms with Crippen LogP contribution in [-0.4, -0.2) is 23.3 Å². The molecule has 5 heteroatoms. The smallest absolute Gasteiger partial charge is 0.319 e. The van der Waals surface area contributed by atoms with E-state index in [1.165, 1.54) is 6.07 Å². The second kappa shape index (κ2) is 4.94. The Kier molecular flexibility index (Phi) is 3.52. The van der Waals surface area contributed by atoms with Gasteiger partial charge in [-0.25, -0.2) is 9.18 Å². The fourth-order valence-corrected chi connectivity index (χ4v) is 1.91. The molecule has 18 heavy (non-hydrogen) atoms. The van der Waals surface area contributed by atoms with E-state index in [0.29, 0.717) is 12.8 Å². The van der Waals surface area contributed by atoms with Gasteiger partial charge in [0.2, 0.25) is 0 Å². The molecule has 1 aliphatic carbocycles. The summed E-state index contributed by atoms with van der Waals surface area (Å²) in [6.45, 7) is 2.02. The first kappa shape index (κ1) is 12.8. The number of urea groups is 1. The van der Waals surface area contributed by atoms with Gasteiger partial charge in [-0.15, -0.1) is 0 Å². The Morgan fingerprint density at radius 2 is 2.22 bits per heavy atom. The summed E-state index contributed by atoms with van der Waals surface area (Å²) in [4.78, 5) is 11.6. The third-order valence-corrected chi connectivity index (χ3v) is 3.23. The summed E-state index contributed by atoms with van der Waals surface area (Å²) >= 11 is 0. The quantitative estimate of drug-likeness (QED) is 0.772. The van der Waals surface area contributed by atoms with Gasteiger partial charge in [-0.2, -0.15) is 0 Å². The van der Waals surface area contributed by atoms with Crippen molar-refractivity contribution in [1.29, 1.82) is 0 Å². The van der Waals surface area contributed by atoms with E-state index in [1.807, 2.05) is 6.92 Å². The zero-order valence-electron chi connectivity index (χ0n) is 10.3. The standard InChI is InChI=1S/C13H17FN2O2/c1-9-3-4-10(14)11(7-9)16-12(17)15-8-13(18)5-2-6-13/h3-4,7,18H,2,5-6,8H2,1H3,(H2,15,16,17). The van der Waals surface area contributed by atoms with E-state index in [4.69, 9.17) is 0 Å². The minimum absolute atomic E-state index is 0.146. The van der Waals surface area contributed by atoms with Crippen LogP contribution >= 0.6 is 0 Å². The van der Waals surface area contributed by atoms with Gasteiger partial charge in [-0.05, 0) is 43.9 Å². The van der Waals surface area contributed by atoms with Crippen molar-refractivity contribution in [3.05, 3.63) is 29.6 Å². The first-order valence-electron chi connectivity index (χ1n) is 6.02. The van der Waals surface area contributed by atoms with Crippen molar-refractivity contribution >= 4 is 11.7 Å². The first-order valence-corrected chi connectivity index (χ1v) is 6.02. The van der Waals surface area contributed by atoms with Crippen LogP contribution in [0.4, 0.5) is 14.9 Å². The molecule has 0 heterocycles. The van der Waals surface area contributed by atoms with Crippen LogP contribution in [0, 0.1) is 12.7 Å². The Bertz CT molecular complexity index is 458. The van der Waals surface area contributed by atoms with Crippen LogP contribution < -0.4 is 10.6 Å². The molecule has 0 radical (unpaired) electrons. The van der Waals surface area contributed by atoms with Crippen LogP contribution in [0.25, 0.3) is 0 Å². The molecular formula is C13H17FN2O2. The van der Waals surface area contributed by atoms with Gasteiger partial charge >= 0.3 is 6.03 Å². The normalized spacial score (nSPS) is 16.8. The van der Waals surface area contributed by atoms with E-state index in [-0.39, 0.29) is 12.2 Å². The number of nitrogens with one attached hydrogen (secondary N) is 2. The van der Waals surface area contributed by atoms with Crippen LogP contribution in [0.5, 0.6) is 0 Å². The van der Waals surface area contributed by atoms with Gasteiger partial charge in [0, 0.05) is 6.54 Å². The van der Waals surface area contributed by atoms with E-state index < -0.39 is 17.4 Å². The molecule has 1 aliphatic rings. The second-order valence-electron chi connectivity index (χ2n) is 4.87. The highest BCUT2D eigenvalue weighted by Crippen LogP contribution is 2.30. The fourth-order valence-electron chi connectivity index (χ4n) is 1.91. The molecule has 1 aromatic carbocycles. The molecule has 2 rings (SSSR count). The van der Waals surface area contributed by atoms with Crippen molar-refractivity contribution in [3.63, 3.8) is 0 Å². The summed E-state index contributed by atoms with van der Waals surface area (Å²) in [6, 6.07) is 4.01. The molecule has 0 unspecified atom stereocenters. The lowest BCUT2D eigenvalue weighted by atomic mass is 9.80. The number of hydrogen-bond acceptors (Lipinski definition) is 2. The lowest BCUT2D eigenvalue weighted by Gasteiger charge is -2.36. The van der Waals surface area contributed by atoms with Crippen LogP contribution in [0.2, 0.25) is 0 Å². The summed E-state index contributed by atoms with van der Waals surface area (Å²) in [5, 5.41) is 14.8. The largest absolute Gasteiger partial charge is 0.388 e. The number of aliphatic hydroxyl groups is 1. The average Bonchev–Trinajstić information content (AvgIpc) is 2.29. The first-order chi connectivity index (χ1) is 8.48. The third kappa shape index (κ3) is 2.98. The van der Waals surface area contributed by atoms with Gasteiger partial charge in [0.15, 0.2) is 0 Å². The number of benzene rings is 1. The van der Waals surface area contributed by atoms with Gasteiger partial charge < -0.3 is 15.7 Å². The molecule has 0 saturated heterocycles. The highest BCUT2D eigenvalue weighted by atomic mass is 19.1. The zero-order chi connectivity index (χ0) is 13.2. The maximum absolute atomic E-state index is 13.4. The average molecular weight is 252 g/mol. The Labute approximate surface area is 105 Å². The second-order valence-corrected chi connectivity index (χ2v) is 4.87. The van der Waals surface area contributed by atoms with Gasteiger partial charge in [0.1, 0.15) is 5.82 Å². The minimum Gasteiger partial charge on any atom is -0.388 e. The summed E-state index contributed by atoms with van der Waals surface area (Å²) in [5.74, 6) is -0.474. The SMILES string of the molecule is Cc1ccc(F)c(NC(=O)NCC2(O)CCC2)c1. The maximum Gasteiger partial charge on any atom is 0.319 e. The van der Waals surface area contributed by atoms with E-state index >= 15 is 0 Å². The van der Waals surface area contributed by atoms with Gasteiger partial charge in [0.05, 0.1) is 11.3 Å². The molecule has 1 saturated carbocycles. The fraction of sp³-hybridized carbons (Fsp3) is 0.462. The van der Waals surface area contributed by atoms with Gasteiger partial charge in [0.25, 0.3) is 0 Å². The summed E-state index contributed by atoms with van der Waals surface area (Å²) in [6.07, 6.45) is 2.38. The predicted molar refractivity (Wildman–Crippen MR) is 67.0 cm³/mol. The third-order valence-electron chi connectivity index (χ3n) is 3.23. The van der Waals surface area contributed by atoms with Crippen molar-refractivity contribution in [2.45, 2.75) is 31.8 Å². The maximum atomic E-state index is 13.4. The van der Waals surface area contributed by atoms with Crippen molar-refractivity contribution in [2.24, 2.45) is 0 Å². The molecule has 0 atom stereocenters. The number of hydrogen-bond donors (Lipinski definition) is 3. The topological polar surface area (TPSA) is 61.4 Å². The highest BCUT2D eigenvalue weighted by molar-refractivity contribution is 5.89. The number of anilines is 1. The molecule has 1 fully saturated rings. The highest BCUT2D eigenvalue weighted by Gasteiger charge is 2.34. The van der Waals surface area contributed by atoms with E-state index in [2.05, 4.69) is 10.6 Å². The Balaban J connectivity index is 1.88. The lowest BCUT2D eigenvalue weighted by Crippen LogP contribution is -2.48. The van der Waals surface area contributed by atoms with E-state index in [9.17, 15) is 14.3 Å². The van der Waals surface area contributed by atoms with Crippen molar-refractivity contribution in [2.75, 3.05) is 11.9 Å². The molecule has 1 aromatic rings. The molecule has 4 nitrogen and oxygen atoms in total. The van der Waals surface area contributed by atoms with Crippen molar-refractivity contribution < 1.29 is 14.3 Å². The molecule has 3 N–H and O–H groups in total. The lowest BCUT2D eigenvalue weighted by molar-refractivity contribution is -0.0287. The molecular weight excluding hydrogens is 235 g/mol. The molecule has 98 valence electrons. The predicted octanol–water partition coefficient (Wildman–Crippen LogP) is 2.17. The van der Waals surface area contributed by atoms with Crippen LogP contribution in [0.15, 0.2) is 18.2 Å². The molecule has 0 spiro atoms. The number of rotatable bonds is 3. The Morgan fingerprint density at radius 1 is 1.50 bits per heavy atom. The minimum atomic E-state index is -0.775. The summed E-state index contributed by atoms with van der Waals surface area (Å²) < 4.78 is 13.4. The van der Waals surface area contributed by atoms with Crippen LogP contribution in [-0.2, 0) is 0 Å². The number of halogens is 1. The zero-order valence-corrected chi connectivity index (χ0v) is 10.3.